The molecule has 1 aromatic carbocycles. The lowest BCUT2D eigenvalue weighted by atomic mass is 10.2. The number of nitrogens with two attached hydrogens (primary N) is 1. The fourth-order valence-corrected chi connectivity index (χ4v) is 2.81. The number of nitrogen functional groups attached to an aromatic ring is 1. The fraction of sp³-hybridized carbons (Fsp3) is 0.0714. The van der Waals surface area contributed by atoms with Gasteiger partial charge in [-0.05, 0) is 42.1 Å². The topological polar surface area (TPSA) is 82.5 Å². The lowest BCUT2D eigenvalue weighted by molar-refractivity contribution is 0.0597. The quantitative estimate of drug-likeness (QED) is 0.590. The maximum atomic E-state index is 11.8. The predicted molar refractivity (Wildman–Crippen MR) is 79.3 cm³/mol. The van der Waals surface area contributed by atoms with Crippen molar-refractivity contribution in [2.45, 2.75) is 10.1 Å². The molecule has 0 aliphatic carbocycles. The van der Waals surface area contributed by atoms with E-state index < -0.39 is 5.97 Å². The summed E-state index contributed by atoms with van der Waals surface area (Å²) in [7, 11) is 1.34. The molecule has 0 unspecified atom stereocenters. The molecule has 0 fully saturated rings. The van der Waals surface area contributed by atoms with Gasteiger partial charge in [0, 0.05) is 16.8 Å². The van der Waals surface area contributed by atoms with Crippen molar-refractivity contribution in [3.63, 3.8) is 0 Å². The van der Waals surface area contributed by atoms with Crippen LogP contribution < -0.4 is 5.73 Å². The Balaban J connectivity index is 2.03. The van der Waals surface area contributed by atoms with Gasteiger partial charge in [-0.15, -0.1) is 10.2 Å². The van der Waals surface area contributed by atoms with E-state index in [1.54, 1.807) is 18.2 Å². The Labute approximate surface area is 124 Å². The minimum Gasteiger partial charge on any atom is -0.465 e. The fourth-order valence-electron chi connectivity index (χ4n) is 1.89. The van der Waals surface area contributed by atoms with Crippen molar-refractivity contribution in [3.05, 3.63) is 48.2 Å². The largest absolute Gasteiger partial charge is 0.465 e. The summed E-state index contributed by atoms with van der Waals surface area (Å²) in [5.74, 6) is -0.432. The van der Waals surface area contributed by atoms with Gasteiger partial charge in [0.2, 0.25) is 0 Å². The molecule has 0 amide bonds. The maximum Gasteiger partial charge on any atom is 0.339 e. The van der Waals surface area contributed by atoms with Gasteiger partial charge in [0.1, 0.15) is 0 Å². The highest BCUT2D eigenvalue weighted by atomic mass is 32.2. The highest BCUT2D eigenvalue weighted by molar-refractivity contribution is 7.99. The van der Waals surface area contributed by atoms with Crippen molar-refractivity contribution in [2.75, 3.05) is 12.8 Å². The van der Waals surface area contributed by atoms with E-state index in [4.69, 9.17) is 10.5 Å². The van der Waals surface area contributed by atoms with Gasteiger partial charge in [0.15, 0.2) is 10.8 Å². The van der Waals surface area contributed by atoms with Gasteiger partial charge in [-0.3, -0.25) is 4.40 Å². The number of carbonyl (C=O) groups is 1. The molecule has 21 heavy (non-hydrogen) atoms. The van der Waals surface area contributed by atoms with E-state index in [0.717, 1.165) is 5.65 Å². The van der Waals surface area contributed by atoms with Crippen LogP contribution in [0, 0.1) is 0 Å². The van der Waals surface area contributed by atoms with Crippen LogP contribution in [-0.2, 0) is 4.74 Å². The first kappa shape index (κ1) is 13.4. The van der Waals surface area contributed by atoms with Gasteiger partial charge in [-0.1, -0.05) is 6.07 Å². The second-order valence-corrected chi connectivity index (χ2v) is 5.27. The second-order valence-electron chi connectivity index (χ2n) is 4.26. The minimum atomic E-state index is -0.432. The van der Waals surface area contributed by atoms with Gasteiger partial charge >= 0.3 is 5.97 Å². The second kappa shape index (κ2) is 5.45. The maximum absolute atomic E-state index is 11.8. The molecule has 0 saturated heterocycles. The Hall–Kier alpha value is -2.54. The number of hydrogen-bond acceptors (Lipinski definition) is 6. The number of benzene rings is 1. The van der Waals surface area contributed by atoms with E-state index in [2.05, 4.69) is 10.2 Å². The van der Waals surface area contributed by atoms with Crippen LogP contribution in [0.15, 0.2) is 52.6 Å². The van der Waals surface area contributed by atoms with Crippen LogP contribution in [0.3, 0.4) is 0 Å². The molecule has 0 spiro atoms. The average Bonchev–Trinajstić information content (AvgIpc) is 2.91. The standard InChI is InChI=1S/C14H12N4O2S/c1-20-13(19)10-8-9(15)5-6-11(10)21-14-17-16-12-4-2-3-7-18(12)14/h2-8H,15H2,1H3. The molecule has 0 aliphatic heterocycles. The zero-order valence-electron chi connectivity index (χ0n) is 11.2. The van der Waals surface area contributed by atoms with Crippen LogP contribution in [0.2, 0.25) is 0 Å². The van der Waals surface area contributed by atoms with Crippen molar-refractivity contribution in [1.82, 2.24) is 14.6 Å². The lowest BCUT2D eigenvalue weighted by Gasteiger charge is -2.07. The summed E-state index contributed by atoms with van der Waals surface area (Å²) >= 11 is 1.34. The predicted octanol–water partition coefficient (Wildman–Crippen LogP) is 2.25. The van der Waals surface area contributed by atoms with Crippen molar-refractivity contribution in [3.8, 4) is 0 Å². The van der Waals surface area contributed by atoms with Gasteiger partial charge in [0.05, 0.1) is 12.7 Å². The molecule has 0 radical (unpaired) electrons. The monoisotopic (exact) mass is 300 g/mol. The van der Waals surface area contributed by atoms with Gasteiger partial charge in [-0.25, -0.2) is 4.79 Å². The Morgan fingerprint density at radius 3 is 2.95 bits per heavy atom. The summed E-state index contributed by atoms with van der Waals surface area (Å²) in [6.07, 6.45) is 1.87. The number of aromatic nitrogens is 3. The number of fused-ring (bicyclic) bond motifs is 1. The van der Waals surface area contributed by atoms with E-state index in [-0.39, 0.29) is 0 Å². The van der Waals surface area contributed by atoms with Crippen molar-refractivity contribution < 1.29 is 9.53 Å². The highest BCUT2D eigenvalue weighted by Gasteiger charge is 2.16. The van der Waals surface area contributed by atoms with Crippen LogP contribution in [0.5, 0.6) is 0 Å². The molecule has 3 aromatic rings. The molecule has 6 nitrogen and oxygen atoms in total. The summed E-state index contributed by atoms with van der Waals surface area (Å²) in [4.78, 5) is 12.6. The Morgan fingerprint density at radius 1 is 1.29 bits per heavy atom. The molecule has 2 aromatic heterocycles. The van der Waals surface area contributed by atoms with Crippen molar-refractivity contribution in [1.29, 1.82) is 0 Å². The summed E-state index contributed by atoms with van der Waals surface area (Å²) < 4.78 is 6.64. The first-order chi connectivity index (χ1) is 10.2. The van der Waals surface area contributed by atoms with E-state index in [1.165, 1.54) is 18.9 Å². The number of nitrogens with zero attached hydrogens (tertiary/aromatic N) is 3. The molecular weight excluding hydrogens is 288 g/mol. The number of anilines is 1. The Kier molecular flexibility index (Phi) is 3.49. The van der Waals surface area contributed by atoms with Crippen LogP contribution in [0.25, 0.3) is 5.65 Å². The molecule has 2 heterocycles. The molecule has 0 bridgehead atoms. The third kappa shape index (κ3) is 2.55. The van der Waals surface area contributed by atoms with E-state index in [0.29, 0.717) is 21.3 Å². The highest BCUT2D eigenvalue weighted by Crippen LogP contribution is 2.31. The number of methoxy groups -OCH3 is 1. The van der Waals surface area contributed by atoms with Crippen molar-refractivity contribution in [2.24, 2.45) is 0 Å². The van der Waals surface area contributed by atoms with E-state index >= 15 is 0 Å². The molecule has 2 N–H and O–H groups in total. The van der Waals surface area contributed by atoms with Gasteiger partial charge < -0.3 is 10.5 Å². The van der Waals surface area contributed by atoms with E-state index in [1.807, 2.05) is 28.8 Å². The lowest BCUT2D eigenvalue weighted by Crippen LogP contribution is -2.04. The normalized spacial score (nSPS) is 10.7. The Bertz CT molecular complexity index is 816. The molecular formula is C14H12N4O2S. The average molecular weight is 300 g/mol. The SMILES string of the molecule is COC(=O)c1cc(N)ccc1Sc1nnc2ccccn12. The van der Waals surface area contributed by atoms with Crippen LogP contribution >= 0.6 is 11.8 Å². The summed E-state index contributed by atoms with van der Waals surface area (Å²) in [5, 5.41) is 8.88. The molecule has 0 aliphatic rings. The number of pyridine rings is 1. The molecule has 0 saturated carbocycles. The molecule has 3 rings (SSSR count). The summed E-state index contributed by atoms with van der Waals surface area (Å²) in [6.45, 7) is 0. The third-order valence-corrected chi connectivity index (χ3v) is 3.93. The van der Waals surface area contributed by atoms with E-state index in [9.17, 15) is 4.79 Å². The van der Waals surface area contributed by atoms with Crippen LogP contribution in [0.4, 0.5) is 5.69 Å². The number of rotatable bonds is 3. The first-order valence-electron chi connectivity index (χ1n) is 6.14. The molecule has 7 heteroatoms. The number of carbonyl (C=O) groups excluding carboxylic acids is 1. The zero-order chi connectivity index (χ0) is 14.8. The zero-order valence-corrected chi connectivity index (χ0v) is 12.0. The van der Waals surface area contributed by atoms with Gasteiger partial charge in [-0.2, -0.15) is 0 Å². The van der Waals surface area contributed by atoms with Crippen LogP contribution in [-0.4, -0.2) is 27.7 Å². The molecule has 0 atom stereocenters. The minimum absolute atomic E-state index is 0.412. The number of hydrogen-bond donors (Lipinski definition) is 1. The van der Waals surface area contributed by atoms with Crippen LogP contribution in [0.1, 0.15) is 10.4 Å². The summed E-state index contributed by atoms with van der Waals surface area (Å²) in [5.41, 5.74) is 7.40. The van der Waals surface area contributed by atoms with Crippen molar-refractivity contribution >= 4 is 29.1 Å². The third-order valence-electron chi connectivity index (χ3n) is 2.89. The summed E-state index contributed by atoms with van der Waals surface area (Å²) in [6, 6.07) is 10.7. The molecule has 106 valence electrons. The Morgan fingerprint density at radius 2 is 2.14 bits per heavy atom. The smallest absolute Gasteiger partial charge is 0.339 e. The first-order valence-corrected chi connectivity index (χ1v) is 6.96. The van der Waals surface area contributed by atoms with Gasteiger partial charge in [0.25, 0.3) is 0 Å². The number of ether oxygens (including phenoxy) is 1. The number of esters is 1.